The number of carbonyl (C=O) groups excluding carboxylic acids is 2. The zero-order valence-corrected chi connectivity index (χ0v) is 16.4. The molecule has 0 aliphatic carbocycles. The summed E-state index contributed by atoms with van der Waals surface area (Å²) in [4.78, 5) is 26.9. The molecule has 5 heteroatoms. The molecule has 2 aliphatic heterocycles. The zero-order chi connectivity index (χ0) is 19.7. The number of nitrogens with zero attached hydrogens (tertiary/aromatic N) is 1. The topological polar surface area (TPSA) is 55.8 Å². The Kier molecular flexibility index (Phi) is 5.07. The standard InChI is InChI=1S/C23H25NO4/c1-15-3-4-18(11-16(15)2)20(25)6-8-23(26)24-10-9-19(13-24)17-5-7-21-22(12-17)28-14-27-21/h3-5,7,11-12,19H,6,8-10,13-14H2,1-2H3. The maximum Gasteiger partial charge on any atom is 0.231 e. The van der Waals surface area contributed by atoms with Gasteiger partial charge in [0.2, 0.25) is 12.7 Å². The molecule has 5 nitrogen and oxygen atoms in total. The van der Waals surface area contributed by atoms with Crippen molar-refractivity contribution in [2.75, 3.05) is 19.9 Å². The number of benzene rings is 2. The fraction of sp³-hybridized carbons (Fsp3) is 0.391. The number of Topliss-reactive ketones (excluding diaryl/α,β-unsaturated/α-hetero) is 1. The van der Waals surface area contributed by atoms with E-state index < -0.39 is 0 Å². The molecule has 0 aromatic heterocycles. The molecule has 146 valence electrons. The molecule has 2 aromatic rings. The van der Waals surface area contributed by atoms with Gasteiger partial charge in [-0.1, -0.05) is 18.2 Å². The Labute approximate surface area is 165 Å². The summed E-state index contributed by atoms with van der Waals surface area (Å²) >= 11 is 0. The van der Waals surface area contributed by atoms with Crippen molar-refractivity contribution in [3.63, 3.8) is 0 Å². The van der Waals surface area contributed by atoms with Crippen LogP contribution in [0.3, 0.4) is 0 Å². The van der Waals surface area contributed by atoms with Crippen molar-refractivity contribution < 1.29 is 19.1 Å². The largest absolute Gasteiger partial charge is 0.454 e. The predicted molar refractivity (Wildman–Crippen MR) is 106 cm³/mol. The van der Waals surface area contributed by atoms with Crippen LogP contribution in [0.2, 0.25) is 0 Å². The molecule has 28 heavy (non-hydrogen) atoms. The smallest absolute Gasteiger partial charge is 0.231 e. The first-order chi connectivity index (χ1) is 13.5. The van der Waals surface area contributed by atoms with E-state index >= 15 is 0 Å². The molecule has 2 aromatic carbocycles. The number of carbonyl (C=O) groups is 2. The van der Waals surface area contributed by atoms with E-state index in [2.05, 4.69) is 6.07 Å². The molecule has 1 unspecified atom stereocenters. The van der Waals surface area contributed by atoms with Crippen molar-refractivity contribution in [1.82, 2.24) is 4.90 Å². The van der Waals surface area contributed by atoms with Gasteiger partial charge >= 0.3 is 0 Å². The monoisotopic (exact) mass is 379 g/mol. The summed E-state index contributed by atoms with van der Waals surface area (Å²) in [5, 5.41) is 0. The van der Waals surface area contributed by atoms with Gasteiger partial charge in [-0.05, 0) is 55.2 Å². The number of aryl methyl sites for hydroxylation is 2. The van der Waals surface area contributed by atoms with Crippen LogP contribution >= 0.6 is 0 Å². The number of hydrogen-bond donors (Lipinski definition) is 0. The molecular formula is C23H25NO4. The molecule has 1 fully saturated rings. The van der Waals surface area contributed by atoms with Crippen LogP contribution in [0.25, 0.3) is 0 Å². The highest BCUT2D eigenvalue weighted by atomic mass is 16.7. The molecule has 1 amide bonds. The Morgan fingerprint density at radius 3 is 2.64 bits per heavy atom. The molecule has 4 rings (SSSR count). The quantitative estimate of drug-likeness (QED) is 0.737. The minimum Gasteiger partial charge on any atom is -0.454 e. The number of likely N-dealkylation sites (tertiary alicyclic amines) is 1. The molecular weight excluding hydrogens is 354 g/mol. The van der Waals surface area contributed by atoms with E-state index in [-0.39, 0.29) is 31.3 Å². The Morgan fingerprint density at radius 1 is 1.00 bits per heavy atom. The molecule has 0 bridgehead atoms. The summed E-state index contributed by atoms with van der Waals surface area (Å²) in [6.45, 7) is 5.71. The number of ether oxygens (including phenoxy) is 2. The summed E-state index contributed by atoms with van der Waals surface area (Å²) in [6.07, 6.45) is 1.45. The molecule has 0 radical (unpaired) electrons. The third kappa shape index (κ3) is 3.75. The average molecular weight is 379 g/mol. The second-order valence-electron chi connectivity index (χ2n) is 7.66. The van der Waals surface area contributed by atoms with E-state index in [0.717, 1.165) is 30.0 Å². The van der Waals surface area contributed by atoms with Crippen molar-refractivity contribution in [2.45, 2.75) is 39.0 Å². The van der Waals surface area contributed by atoms with E-state index in [4.69, 9.17) is 9.47 Å². The van der Waals surface area contributed by atoms with Crippen LogP contribution in [0.1, 0.15) is 52.2 Å². The Hall–Kier alpha value is -2.82. The highest BCUT2D eigenvalue weighted by Crippen LogP contribution is 2.37. The lowest BCUT2D eigenvalue weighted by molar-refractivity contribution is -0.130. The van der Waals surface area contributed by atoms with E-state index in [1.54, 1.807) is 0 Å². The number of amides is 1. The van der Waals surface area contributed by atoms with E-state index in [0.29, 0.717) is 18.0 Å². The van der Waals surface area contributed by atoms with Gasteiger partial charge in [-0.2, -0.15) is 0 Å². The molecule has 0 saturated carbocycles. The highest BCUT2D eigenvalue weighted by Gasteiger charge is 2.28. The van der Waals surface area contributed by atoms with Crippen LogP contribution in [0.4, 0.5) is 0 Å². The van der Waals surface area contributed by atoms with Gasteiger partial charge in [0.15, 0.2) is 17.3 Å². The Bertz CT molecular complexity index is 921. The van der Waals surface area contributed by atoms with Crippen molar-refractivity contribution in [3.8, 4) is 11.5 Å². The van der Waals surface area contributed by atoms with E-state index in [1.165, 1.54) is 11.1 Å². The number of hydrogen-bond acceptors (Lipinski definition) is 4. The van der Waals surface area contributed by atoms with Crippen LogP contribution in [0.5, 0.6) is 11.5 Å². The van der Waals surface area contributed by atoms with Crippen LogP contribution in [-0.2, 0) is 4.79 Å². The van der Waals surface area contributed by atoms with Gasteiger partial charge in [-0.15, -0.1) is 0 Å². The fourth-order valence-corrected chi connectivity index (χ4v) is 3.86. The first kappa shape index (κ1) is 18.5. The van der Waals surface area contributed by atoms with Crippen LogP contribution in [-0.4, -0.2) is 36.5 Å². The number of fused-ring (bicyclic) bond motifs is 1. The van der Waals surface area contributed by atoms with E-state index in [9.17, 15) is 9.59 Å². The van der Waals surface area contributed by atoms with Gasteiger partial charge < -0.3 is 14.4 Å². The van der Waals surface area contributed by atoms with Crippen LogP contribution in [0, 0.1) is 13.8 Å². The van der Waals surface area contributed by atoms with Gasteiger partial charge in [0.25, 0.3) is 0 Å². The predicted octanol–water partition coefficient (Wildman–Crippen LogP) is 4.01. The second-order valence-corrected chi connectivity index (χ2v) is 7.66. The molecule has 1 saturated heterocycles. The summed E-state index contributed by atoms with van der Waals surface area (Å²) < 4.78 is 10.8. The SMILES string of the molecule is Cc1ccc(C(=O)CCC(=O)N2CCC(c3ccc4c(c3)OCO4)C2)cc1C. The van der Waals surface area contributed by atoms with Gasteiger partial charge in [0.05, 0.1) is 0 Å². The highest BCUT2D eigenvalue weighted by molar-refractivity contribution is 5.98. The molecule has 2 aliphatic rings. The average Bonchev–Trinajstić information content (AvgIpc) is 3.36. The van der Waals surface area contributed by atoms with Crippen molar-refractivity contribution in [2.24, 2.45) is 0 Å². The van der Waals surface area contributed by atoms with E-state index in [1.807, 2.05) is 49.1 Å². The lowest BCUT2D eigenvalue weighted by atomic mass is 9.98. The third-order valence-electron chi connectivity index (χ3n) is 5.80. The number of rotatable bonds is 5. The molecule has 0 spiro atoms. The minimum atomic E-state index is 0.0305. The first-order valence-electron chi connectivity index (χ1n) is 9.79. The normalized spacial score (nSPS) is 17.8. The molecule has 1 atom stereocenters. The molecule has 2 heterocycles. The van der Waals surface area contributed by atoms with Gasteiger partial charge in [0, 0.05) is 37.4 Å². The summed E-state index contributed by atoms with van der Waals surface area (Å²) in [5.41, 5.74) is 4.13. The van der Waals surface area contributed by atoms with Crippen molar-refractivity contribution in [1.29, 1.82) is 0 Å². The summed E-state index contributed by atoms with van der Waals surface area (Å²) in [7, 11) is 0. The van der Waals surface area contributed by atoms with Crippen molar-refractivity contribution >= 4 is 11.7 Å². The van der Waals surface area contributed by atoms with Crippen LogP contribution < -0.4 is 9.47 Å². The van der Waals surface area contributed by atoms with Crippen molar-refractivity contribution in [3.05, 3.63) is 58.7 Å². The Morgan fingerprint density at radius 2 is 1.82 bits per heavy atom. The second kappa shape index (κ2) is 7.66. The minimum absolute atomic E-state index is 0.0305. The van der Waals surface area contributed by atoms with Gasteiger partial charge in [-0.3, -0.25) is 9.59 Å². The number of ketones is 1. The maximum absolute atomic E-state index is 12.6. The summed E-state index contributed by atoms with van der Waals surface area (Å²) in [5.74, 6) is 1.94. The maximum atomic E-state index is 12.6. The van der Waals surface area contributed by atoms with Gasteiger partial charge in [-0.25, -0.2) is 0 Å². The lowest BCUT2D eigenvalue weighted by Gasteiger charge is -2.17. The summed E-state index contributed by atoms with van der Waals surface area (Å²) in [6, 6.07) is 11.7. The zero-order valence-electron chi connectivity index (χ0n) is 16.4. The third-order valence-corrected chi connectivity index (χ3v) is 5.80. The van der Waals surface area contributed by atoms with Crippen LogP contribution in [0.15, 0.2) is 36.4 Å². The first-order valence-corrected chi connectivity index (χ1v) is 9.79. The fourth-order valence-electron chi connectivity index (χ4n) is 3.86. The lowest BCUT2D eigenvalue weighted by Crippen LogP contribution is -2.28. The Balaban J connectivity index is 1.32. The molecule has 0 N–H and O–H groups in total. The van der Waals surface area contributed by atoms with Gasteiger partial charge in [0.1, 0.15) is 0 Å².